The number of hydrogen-bond acceptors (Lipinski definition) is 4. The number of rotatable bonds is 8. The van der Waals surface area contributed by atoms with Crippen LogP contribution in [0.5, 0.6) is 11.5 Å². The van der Waals surface area contributed by atoms with Gasteiger partial charge in [-0.3, -0.25) is 0 Å². The molecule has 0 spiro atoms. The first-order valence-electron chi connectivity index (χ1n) is 10.4. The van der Waals surface area contributed by atoms with E-state index >= 15 is 0 Å². The fraction of sp³-hybridized carbons (Fsp3) is 0.192. The lowest BCUT2D eigenvalue weighted by Crippen LogP contribution is -2.06. The molecular formula is C26H26ClN3O2. The SMILES string of the molecule is COc1ccc(CN/N=C\c2c(C)n(Cc3cccc(Cl)c3)c3ccccc23)cc1OC. The number of fused-ring (bicyclic) bond motifs is 1. The van der Waals surface area contributed by atoms with Crippen molar-refractivity contribution in [2.24, 2.45) is 5.10 Å². The average Bonchev–Trinajstić information content (AvgIpc) is 3.07. The van der Waals surface area contributed by atoms with Gasteiger partial charge in [0, 0.05) is 33.7 Å². The van der Waals surface area contributed by atoms with E-state index in [4.69, 9.17) is 21.1 Å². The van der Waals surface area contributed by atoms with Gasteiger partial charge in [0.2, 0.25) is 0 Å². The maximum Gasteiger partial charge on any atom is 0.161 e. The van der Waals surface area contributed by atoms with Gasteiger partial charge >= 0.3 is 0 Å². The first-order chi connectivity index (χ1) is 15.6. The molecule has 0 fully saturated rings. The Labute approximate surface area is 193 Å². The van der Waals surface area contributed by atoms with Gasteiger partial charge in [0.15, 0.2) is 11.5 Å². The van der Waals surface area contributed by atoms with E-state index in [0.29, 0.717) is 18.0 Å². The van der Waals surface area contributed by atoms with Crippen molar-refractivity contribution in [1.29, 1.82) is 0 Å². The third-order valence-electron chi connectivity index (χ3n) is 5.53. The zero-order valence-electron chi connectivity index (χ0n) is 18.4. The molecule has 0 aliphatic carbocycles. The molecule has 0 saturated heterocycles. The molecule has 4 aromatic rings. The number of para-hydroxylation sites is 1. The second-order valence-electron chi connectivity index (χ2n) is 7.51. The number of methoxy groups -OCH3 is 2. The van der Waals surface area contributed by atoms with Crippen LogP contribution in [-0.4, -0.2) is 25.0 Å². The first kappa shape index (κ1) is 21.8. The Morgan fingerprint density at radius 3 is 2.53 bits per heavy atom. The number of hydrogen-bond donors (Lipinski definition) is 1. The van der Waals surface area contributed by atoms with Crippen molar-refractivity contribution < 1.29 is 9.47 Å². The Balaban J connectivity index is 1.55. The van der Waals surface area contributed by atoms with Gasteiger partial charge in [-0.2, -0.15) is 5.10 Å². The smallest absolute Gasteiger partial charge is 0.161 e. The molecule has 0 unspecified atom stereocenters. The summed E-state index contributed by atoms with van der Waals surface area (Å²) in [4.78, 5) is 0. The minimum atomic E-state index is 0.580. The summed E-state index contributed by atoms with van der Waals surface area (Å²) in [6.07, 6.45) is 1.90. The normalized spacial score (nSPS) is 11.2. The van der Waals surface area contributed by atoms with E-state index in [-0.39, 0.29) is 0 Å². The Hall–Kier alpha value is -3.44. The van der Waals surface area contributed by atoms with Gasteiger partial charge in [-0.25, -0.2) is 0 Å². The summed E-state index contributed by atoms with van der Waals surface area (Å²) in [7, 11) is 3.26. The van der Waals surface area contributed by atoms with Crippen LogP contribution in [0, 0.1) is 6.92 Å². The minimum absolute atomic E-state index is 0.580. The topological polar surface area (TPSA) is 47.8 Å². The third kappa shape index (κ3) is 4.58. The van der Waals surface area contributed by atoms with Crippen LogP contribution >= 0.6 is 11.6 Å². The second-order valence-corrected chi connectivity index (χ2v) is 7.95. The third-order valence-corrected chi connectivity index (χ3v) is 5.76. The van der Waals surface area contributed by atoms with Gasteiger partial charge in [0.25, 0.3) is 0 Å². The largest absolute Gasteiger partial charge is 0.493 e. The molecule has 0 amide bonds. The Kier molecular flexibility index (Phi) is 6.66. The van der Waals surface area contributed by atoms with Crippen LogP contribution in [0.15, 0.2) is 71.8 Å². The summed E-state index contributed by atoms with van der Waals surface area (Å²) in [6, 6.07) is 22.2. The molecule has 164 valence electrons. The lowest BCUT2D eigenvalue weighted by molar-refractivity contribution is 0.354. The molecule has 1 aromatic heterocycles. The number of benzene rings is 3. The summed E-state index contributed by atoms with van der Waals surface area (Å²) in [5, 5.41) is 6.42. The van der Waals surface area contributed by atoms with E-state index in [9.17, 15) is 0 Å². The molecule has 3 aromatic carbocycles. The summed E-state index contributed by atoms with van der Waals surface area (Å²) in [5.74, 6) is 1.42. The van der Waals surface area contributed by atoms with E-state index in [0.717, 1.165) is 34.0 Å². The molecule has 6 heteroatoms. The predicted molar refractivity (Wildman–Crippen MR) is 131 cm³/mol. The van der Waals surface area contributed by atoms with Crippen LogP contribution in [-0.2, 0) is 13.1 Å². The number of ether oxygens (including phenoxy) is 2. The molecule has 0 bridgehead atoms. The summed E-state index contributed by atoms with van der Waals surface area (Å²) in [6.45, 7) is 3.46. The summed E-state index contributed by atoms with van der Waals surface area (Å²) in [5.41, 5.74) is 8.79. The van der Waals surface area contributed by atoms with Gasteiger partial charge < -0.3 is 19.5 Å². The molecule has 1 heterocycles. The van der Waals surface area contributed by atoms with Crippen molar-refractivity contribution >= 4 is 28.7 Å². The van der Waals surface area contributed by atoms with Gasteiger partial charge in [-0.15, -0.1) is 0 Å². The summed E-state index contributed by atoms with van der Waals surface area (Å²) >= 11 is 6.19. The molecule has 1 N–H and O–H groups in total. The molecule has 0 aliphatic rings. The van der Waals surface area contributed by atoms with Crippen LogP contribution in [0.1, 0.15) is 22.4 Å². The van der Waals surface area contributed by atoms with Crippen molar-refractivity contribution in [2.75, 3.05) is 14.2 Å². The van der Waals surface area contributed by atoms with Gasteiger partial charge in [0.05, 0.1) is 27.0 Å². The highest BCUT2D eigenvalue weighted by Crippen LogP contribution is 2.28. The fourth-order valence-corrected chi connectivity index (χ4v) is 4.09. The number of nitrogens with zero attached hydrogens (tertiary/aromatic N) is 2. The zero-order valence-corrected chi connectivity index (χ0v) is 19.2. The molecule has 0 saturated carbocycles. The standard InChI is InChI=1S/C26H26ClN3O2/c1-18-23(16-29-28-15-19-11-12-25(31-2)26(14-19)32-3)22-9-4-5-10-24(22)30(18)17-20-7-6-8-21(27)13-20/h4-14,16,28H,15,17H2,1-3H3/b29-16-. The lowest BCUT2D eigenvalue weighted by atomic mass is 10.1. The lowest BCUT2D eigenvalue weighted by Gasteiger charge is -2.09. The van der Waals surface area contributed by atoms with Crippen molar-refractivity contribution in [3.8, 4) is 11.5 Å². The first-order valence-corrected chi connectivity index (χ1v) is 10.8. The highest BCUT2D eigenvalue weighted by molar-refractivity contribution is 6.30. The number of hydrazone groups is 1. The van der Waals surface area contributed by atoms with Gasteiger partial charge in [0.1, 0.15) is 0 Å². The maximum atomic E-state index is 6.19. The van der Waals surface area contributed by atoms with Crippen LogP contribution in [0.4, 0.5) is 0 Å². The molecule has 4 rings (SSSR count). The van der Waals surface area contributed by atoms with Crippen LogP contribution in [0.3, 0.4) is 0 Å². The fourth-order valence-electron chi connectivity index (χ4n) is 3.88. The highest BCUT2D eigenvalue weighted by Gasteiger charge is 2.13. The van der Waals surface area contributed by atoms with Crippen LogP contribution in [0.25, 0.3) is 10.9 Å². The quantitative estimate of drug-likeness (QED) is 0.274. The molecule has 0 aliphatic heterocycles. The van der Waals surface area contributed by atoms with Crippen molar-refractivity contribution in [3.63, 3.8) is 0 Å². The Bertz CT molecular complexity index is 1260. The molecule has 0 atom stereocenters. The van der Waals surface area contributed by atoms with E-state index in [1.807, 2.05) is 42.6 Å². The van der Waals surface area contributed by atoms with Crippen LogP contribution in [0.2, 0.25) is 5.02 Å². The minimum Gasteiger partial charge on any atom is -0.493 e. The average molecular weight is 448 g/mol. The highest BCUT2D eigenvalue weighted by atomic mass is 35.5. The Morgan fingerprint density at radius 1 is 0.938 bits per heavy atom. The molecule has 0 radical (unpaired) electrons. The second kappa shape index (κ2) is 9.79. The van der Waals surface area contributed by atoms with Gasteiger partial charge in [-0.1, -0.05) is 48.0 Å². The van der Waals surface area contributed by atoms with E-state index in [1.54, 1.807) is 14.2 Å². The number of nitrogens with one attached hydrogen (secondary N) is 1. The Morgan fingerprint density at radius 2 is 1.75 bits per heavy atom. The maximum absolute atomic E-state index is 6.19. The van der Waals surface area contributed by atoms with E-state index in [1.165, 1.54) is 10.9 Å². The van der Waals surface area contributed by atoms with Crippen molar-refractivity contribution in [3.05, 3.63) is 94.1 Å². The summed E-state index contributed by atoms with van der Waals surface area (Å²) < 4.78 is 13.0. The van der Waals surface area contributed by atoms with Crippen molar-refractivity contribution in [1.82, 2.24) is 9.99 Å². The van der Waals surface area contributed by atoms with E-state index < -0.39 is 0 Å². The monoisotopic (exact) mass is 447 g/mol. The van der Waals surface area contributed by atoms with Crippen LogP contribution < -0.4 is 14.9 Å². The number of aromatic nitrogens is 1. The van der Waals surface area contributed by atoms with Crippen molar-refractivity contribution in [2.45, 2.75) is 20.0 Å². The molecular weight excluding hydrogens is 422 g/mol. The number of halogens is 1. The zero-order chi connectivity index (χ0) is 22.5. The molecule has 5 nitrogen and oxygen atoms in total. The van der Waals surface area contributed by atoms with Gasteiger partial charge in [-0.05, 0) is 48.4 Å². The predicted octanol–water partition coefficient (Wildman–Crippen LogP) is 5.79. The van der Waals surface area contributed by atoms with E-state index in [2.05, 4.69) is 52.3 Å². The molecule has 32 heavy (non-hydrogen) atoms.